The van der Waals surface area contributed by atoms with Crippen LogP contribution in [0.2, 0.25) is 10.0 Å². The van der Waals surface area contributed by atoms with Gasteiger partial charge in [0.15, 0.2) is 0 Å². The first-order valence-electron chi connectivity index (χ1n) is 12.4. The molecular formula is C26H32Cl2N4O2S4. The molecule has 0 bridgehead atoms. The van der Waals surface area contributed by atoms with Crippen molar-refractivity contribution >= 4 is 75.3 Å². The third-order valence-electron chi connectivity index (χ3n) is 7.13. The molecule has 0 aliphatic carbocycles. The van der Waals surface area contributed by atoms with Gasteiger partial charge in [0.25, 0.3) is 0 Å². The molecule has 2 N–H and O–H groups in total. The van der Waals surface area contributed by atoms with Crippen LogP contribution in [0, 0.1) is 5.92 Å². The summed E-state index contributed by atoms with van der Waals surface area (Å²) in [4.78, 5) is 30.6. The van der Waals surface area contributed by atoms with Crippen molar-refractivity contribution in [2.75, 3.05) is 32.7 Å². The number of nitrogens with two attached hydrogens (primary N) is 1. The van der Waals surface area contributed by atoms with Gasteiger partial charge in [-0.15, -0.1) is 0 Å². The topological polar surface area (TPSA) is 69.9 Å². The van der Waals surface area contributed by atoms with Gasteiger partial charge in [0.1, 0.15) is 0 Å². The maximum absolute atomic E-state index is 13.2. The van der Waals surface area contributed by atoms with E-state index in [0.29, 0.717) is 42.0 Å². The molecule has 0 aromatic heterocycles. The van der Waals surface area contributed by atoms with Gasteiger partial charge in [-0.1, -0.05) is 47.5 Å². The summed E-state index contributed by atoms with van der Waals surface area (Å²) in [6.07, 6.45) is 2.20. The molecule has 206 valence electrons. The highest BCUT2D eigenvalue weighted by atomic mass is 35.5. The van der Waals surface area contributed by atoms with Crippen molar-refractivity contribution in [3.05, 3.63) is 69.7 Å². The zero-order chi connectivity index (χ0) is 27.7. The number of carbonyl (C=O) groups excluding carboxylic acids is 2. The van der Waals surface area contributed by atoms with E-state index >= 15 is 0 Å². The fourth-order valence-electron chi connectivity index (χ4n) is 5.22. The first-order valence-corrected chi connectivity index (χ1v) is 17.2. The molecule has 2 aliphatic heterocycles. The molecule has 2 aromatic carbocycles. The molecule has 4 rings (SSSR count). The summed E-state index contributed by atoms with van der Waals surface area (Å²) < 4.78 is 0. The average Bonchev–Trinajstić information content (AvgIpc) is 2.91. The van der Waals surface area contributed by atoms with Crippen molar-refractivity contribution in [3.8, 4) is 0 Å². The third kappa shape index (κ3) is 8.81. The van der Waals surface area contributed by atoms with E-state index in [9.17, 15) is 9.59 Å². The Kier molecular flexibility index (Phi) is 12.6. The summed E-state index contributed by atoms with van der Waals surface area (Å²) in [5.41, 5.74) is 7.71. The Labute approximate surface area is 250 Å². The van der Waals surface area contributed by atoms with Crippen molar-refractivity contribution in [2.45, 2.75) is 38.3 Å². The molecule has 0 spiro atoms. The Hall–Kier alpha value is -1.40. The molecule has 3 amide bonds. The van der Waals surface area contributed by atoms with Crippen molar-refractivity contribution in [1.82, 2.24) is 14.7 Å². The maximum atomic E-state index is 13.2. The van der Waals surface area contributed by atoms with Gasteiger partial charge >= 0.3 is 6.03 Å². The lowest BCUT2D eigenvalue weighted by atomic mass is 9.92. The molecule has 2 aliphatic rings. The number of benzene rings is 2. The van der Waals surface area contributed by atoms with Gasteiger partial charge in [-0.25, -0.2) is 4.79 Å². The second-order valence-corrected chi connectivity index (χ2v) is 14.0. The van der Waals surface area contributed by atoms with E-state index < -0.39 is 0 Å². The molecule has 0 saturated carbocycles. The fraction of sp³-hybridized carbons (Fsp3) is 0.462. The van der Waals surface area contributed by atoms with Gasteiger partial charge in [-0.05, 0) is 61.1 Å². The molecule has 2 aromatic rings. The summed E-state index contributed by atoms with van der Waals surface area (Å²) in [5.74, 6) is 0.517. The number of likely N-dealkylation sites (tertiary alicyclic amines) is 1. The summed E-state index contributed by atoms with van der Waals surface area (Å²) in [7, 11) is 2.34. The number of carbonyl (C=O) groups is 2. The summed E-state index contributed by atoms with van der Waals surface area (Å²) in [6.45, 7) is 5.66. The Morgan fingerprint density at radius 3 is 1.84 bits per heavy atom. The smallest absolute Gasteiger partial charge is 0.314 e. The second-order valence-electron chi connectivity index (χ2n) is 9.55. The van der Waals surface area contributed by atoms with E-state index in [2.05, 4.69) is 58.5 Å². The van der Waals surface area contributed by atoms with Crippen molar-refractivity contribution in [2.24, 2.45) is 11.7 Å². The molecular weight excluding hydrogens is 599 g/mol. The van der Waals surface area contributed by atoms with Crippen LogP contribution in [0.4, 0.5) is 4.79 Å². The van der Waals surface area contributed by atoms with Gasteiger partial charge in [0, 0.05) is 95.4 Å². The zero-order valence-corrected chi connectivity index (χ0v) is 25.9. The highest BCUT2D eigenvalue weighted by molar-refractivity contribution is 8.51. The molecule has 38 heavy (non-hydrogen) atoms. The lowest BCUT2D eigenvalue weighted by Crippen LogP contribution is -2.55. The van der Waals surface area contributed by atoms with Gasteiger partial charge in [-0.3, -0.25) is 9.69 Å². The average molecular weight is 632 g/mol. The largest absolute Gasteiger partial charge is 0.351 e. The Balaban J connectivity index is 0.000000934. The molecule has 0 unspecified atom stereocenters. The van der Waals surface area contributed by atoms with Crippen LogP contribution in [-0.2, 0) is 44.9 Å². The number of piperidine rings is 1. The Morgan fingerprint density at radius 1 is 0.921 bits per heavy atom. The number of hydrogen-bond acceptors (Lipinski definition) is 5. The lowest BCUT2D eigenvalue weighted by molar-refractivity contribution is -0.137. The molecule has 2 saturated heterocycles. The van der Waals surface area contributed by atoms with Crippen molar-refractivity contribution < 1.29 is 9.59 Å². The van der Waals surface area contributed by atoms with Crippen LogP contribution in [0.3, 0.4) is 0 Å². The van der Waals surface area contributed by atoms with E-state index in [4.69, 9.17) is 28.9 Å². The van der Waals surface area contributed by atoms with Gasteiger partial charge in [0.2, 0.25) is 5.91 Å². The highest BCUT2D eigenvalue weighted by Crippen LogP contribution is 2.32. The van der Waals surface area contributed by atoms with Crippen LogP contribution in [0.5, 0.6) is 0 Å². The van der Waals surface area contributed by atoms with Crippen molar-refractivity contribution in [3.63, 3.8) is 0 Å². The van der Waals surface area contributed by atoms with Gasteiger partial charge in [-0.2, -0.15) is 0 Å². The number of piperazine rings is 1. The number of nitrogens with zero attached hydrogens (tertiary/aromatic N) is 3. The monoisotopic (exact) mass is 630 g/mol. The fourth-order valence-corrected chi connectivity index (χ4v) is 5.47. The van der Waals surface area contributed by atoms with Crippen LogP contribution in [0.1, 0.15) is 43.4 Å². The van der Waals surface area contributed by atoms with Crippen LogP contribution in [0.25, 0.3) is 0 Å². The SMILES string of the molecule is C[C@H]1CN(C(c2ccc(Cl)cc2)c2ccc(Cl)cc2)CCN1C(=O)CC1CCN(C(N)=O)CC1.S=S=S=S. The van der Waals surface area contributed by atoms with Crippen LogP contribution in [0.15, 0.2) is 48.5 Å². The summed E-state index contributed by atoms with van der Waals surface area (Å²) >= 11 is 21.0. The molecule has 0 radical (unpaired) electrons. The number of hydrogen-bond donors (Lipinski definition) is 1. The van der Waals surface area contributed by atoms with E-state index in [0.717, 1.165) is 25.9 Å². The molecule has 2 fully saturated rings. The minimum absolute atomic E-state index is 0.0624. The Morgan fingerprint density at radius 2 is 1.42 bits per heavy atom. The lowest BCUT2D eigenvalue weighted by Gasteiger charge is -2.44. The highest BCUT2D eigenvalue weighted by Gasteiger charge is 2.33. The van der Waals surface area contributed by atoms with Crippen LogP contribution >= 0.6 is 23.2 Å². The predicted octanol–water partition coefficient (Wildman–Crippen LogP) is 4.79. The third-order valence-corrected chi connectivity index (χ3v) is 9.86. The second kappa shape index (κ2) is 15.4. The summed E-state index contributed by atoms with van der Waals surface area (Å²) in [6, 6.07) is 15.8. The molecule has 1 atom stereocenters. The number of rotatable bonds is 5. The standard InChI is InChI=1S/C26H32Cl2N4O2.S4/c1-18-17-31(14-15-32(18)24(33)16-19-10-12-30(13-11-19)26(29)34)25(20-2-6-22(27)7-3-20)21-4-8-23(28)9-5-21;1-3-4-2/h2-9,18-19,25H,10-17H2,1H3,(H2,29,34);/t18-;/m0./s1. The molecule has 6 nitrogen and oxygen atoms in total. The summed E-state index contributed by atoms with van der Waals surface area (Å²) in [5, 5.41) is 1.42. The van der Waals surface area contributed by atoms with E-state index in [1.807, 2.05) is 29.2 Å². The Bertz CT molecular complexity index is 1110. The normalized spacial score (nSPS) is 18.5. The van der Waals surface area contributed by atoms with E-state index in [1.165, 1.54) is 28.9 Å². The van der Waals surface area contributed by atoms with Crippen molar-refractivity contribution in [1.29, 1.82) is 0 Å². The minimum Gasteiger partial charge on any atom is -0.351 e. The number of urea groups is 1. The molecule has 12 heteroatoms. The maximum Gasteiger partial charge on any atom is 0.314 e. The zero-order valence-electron chi connectivity index (χ0n) is 21.1. The predicted molar refractivity (Wildman–Crippen MR) is 165 cm³/mol. The first-order chi connectivity index (χ1) is 18.2. The van der Waals surface area contributed by atoms with Gasteiger partial charge < -0.3 is 15.5 Å². The van der Waals surface area contributed by atoms with Crippen LogP contribution in [-0.4, -0.2) is 65.4 Å². The number of amides is 3. The van der Waals surface area contributed by atoms with E-state index in [1.54, 1.807) is 4.90 Å². The number of halogens is 2. The van der Waals surface area contributed by atoms with E-state index in [-0.39, 0.29) is 24.0 Å². The van der Waals surface area contributed by atoms with Crippen LogP contribution < -0.4 is 5.73 Å². The first kappa shape index (κ1) is 31.1. The molecule has 2 heterocycles. The van der Waals surface area contributed by atoms with Gasteiger partial charge in [0.05, 0.1) is 6.04 Å². The quantitative estimate of drug-likeness (QED) is 0.515. The minimum atomic E-state index is -0.370. The number of primary amides is 1.